The SMILES string of the molecule is C1=C(c2cccc(N(c3cccc(-c4ccc5ccccc5c4)c3)c3cccc4ccccc34)c2)c2oc3ccccc3c2CC1. The Kier molecular flexibility index (Phi) is 6.31. The second kappa shape index (κ2) is 10.9. The van der Waals surface area contributed by atoms with Crippen LogP contribution < -0.4 is 4.90 Å². The summed E-state index contributed by atoms with van der Waals surface area (Å²) >= 11 is 0. The van der Waals surface area contributed by atoms with Crippen molar-refractivity contribution in [2.75, 3.05) is 4.90 Å². The molecule has 1 heterocycles. The van der Waals surface area contributed by atoms with Crippen molar-refractivity contribution in [1.29, 1.82) is 0 Å². The summed E-state index contributed by atoms with van der Waals surface area (Å²) in [5.41, 5.74) is 10.4. The first-order chi connectivity index (χ1) is 22.8. The normalized spacial score (nSPS) is 12.7. The highest BCUT2D eigenvalue weighted by atomic mass is 16.3. The van der Waals surface area contributed by atoms with Gasteiger partial charge in [0.15, 0.2) is 0 Å². The molecule has 2 heteroatoms. The van der Waals surface area contributed by atoms with E-state index in [1.54, 1.807) is 0 Å². The largest absolute Gasteiger partial charge is 0.456 e. The minimum atomic E-state index is 0.958. The highest BCUT2D eigenvalue weighted by molar-refractivity contribution is 6.00. The van der Waals surface area contributed by atoms with E-state index in [1.165, 1.54) is 49.2 Å². The number of hydrogen-bond acceptors (Lipinski definition) is 2. The van der Waals surface area contributed by atoms with Gasteiger partial charge in [-0.3, -0.25) is 0 Å². The predicted octanol–water partition coefficient (Wildman–Crippen LogP) is 12.3. The van der Waals surface area contributed by atoms with Crippen molar-refractivity contribution in [1.82, 2.24) is 0 Å². The summed E-state index contributed by atoms with van der Waals surface area (Å²) in [7, 11) is 0. The molecule has 1 aromatic heterocycles. The number of benzene rings is 7. The van der Waals surface area contributed by atoms with Gasteiger partial charge in [0.25, 0.3) is 0 Å². The Balaban J connectivity index is 1.21. The molecule has 0 saturated carbocycles. The quantitative estimate of drug-likeness (QED) is 0.199. The molecule has 0 aliphatic heterocycles. The maximum atomic E-state index is 6.50. The van der Waals surface area contributed by atoms with E-state index in [2.05, 4.69) is 169 Å². The molecule has 8 aromatic rings. The summed E-state index contributed by atoms with van der Waals surface area (Å²) < 4.78 is 6.50. The van der Waals surface area contributed by atoms with Gasteiger partial charge in [0.05, 0.1) is 5.69 Å². The van der Waals surface area contributed by atoms with Gasteiger partial charge in [-0.15, -0.1) is 0 Å². The third-order valence-electron chi connectivity index (χ3n) is 9.30. The number of nitrogens with zero attached hydrogens (tertiary/aromatic N) is 1. The zero-order valence-corrected chi connectivity index (χ0v) is 25.4. The molecule has 1 aliphatic rings. The maximum Gasteiger partial charge on any atom is 0.138 e. The molecule has 0 bridgehead atoms. The number of furan rings is 1. The van der Waals surface area contributed by atoms with Gasteiger partial charge in [0.2, 0.25) is 0 Å². The predicted molar refractivity (Wildman–Crippen MR) is 193 cm³/mol. The van der Waals surface area contributed by atoms with E-state index < -0.39 is 0 Å². The average molecular weight is 590 g/mol. The van der Waals surface area contributed by atoms with Gasteiger partial charge in [0, 0.05) is 33.3 Å². The number of aryl methyl sites for hydroxylation is 1. The van der Waals surface area contributed by atoms with Crippen LogP contribution in [-0.2, 0) is 6.42 Å². The van der Waals surface area contributed by atoms with Gasteiger partial charge < -0.3 is 9.32 Å². The lowest BCUT2D eigenvalue weighted by atomic mass is 9.91. The van der Waals surface area contributed by atoms with Crippen LogP contribution in [0.25, 0.3) is 49.2 Å². The number of para-hydroxylation sites is 1. The molecule has 0 N–H and O–H groups in total. The number of rotatable bonds is 5. The van der Waals surface area contributed by atoms with Gasteiger partial charge in [-0.05, 0) is 88.2 Å². The highest BCUT2D eigenvalue weighted by Gasteiger charge is 2.23. The monoisotopic (exact) mass is 589 g/mol. The Morgan fingerprint density at radius 2 is 1.13 bits per heavy atom. The molecule has 0 radical (unpaired) electrons. The standard InChI is InChI=1S/C44H31NO/c1-2-13-32-27-34(26-25-30(32)11-1)33-15-7-17-36(28-33)45(42-23-9-14-31-12-3-4-19-38(31)42)37-18-8-16-35(29-37)39-21-10-22-41-40-20-5-6-24-43(40)46-44(39)41/h1-9,11-21,23-29H,10,22H2. The Hall–Kier alpha value is -5.86. The van der Waals surface area contributed by atoms with E-state index in [0.29, 0.717) is 0 Å². The van der Waals surface area contributed by atoms with Crippen LogP contribution >= 0.6 is 0 Å². The van der Waals surface area contributed by atoms with Gasteiger partial charge in [-0.25, -0.2) is 0 Å². The molecule has 0 saturated heterocycles. The topological polar surface area (TPSA) is 16.4 Å². The summed E-state index contributed by atoms with van der Waals surface area (Å²) in [6, 6.07) is 56.8. The lowest BCUT2D eigenvalue weighted by molar-refractivity contribution is 0.591. The summed E-state index contributed by atoms with van der Waals surface area (Å²) in [5, 5.41) is 6.15. The molecule has 0 spiro atoms. The van der Waals surface area contributed by atoms with E-state index in [0.717, 1.165) is 46.8 Å². The molecule has 46 heavy (non-hydrogen) atoms. The summed E-state index contributed by atoms with van der Waals surface area (Å²) in [6.07, 6.45) is 4.34. The molecular weight excluding hydrogens is 558 g/mol. The lowest BCUT2D eigenvalue weighted by Crippen LogP contribution is -2.11. The molecule has 9 rings (SSSR count). The van der Waals surface area contributed by atoms with E-state index in [4.69, 9.17) is 4.42 Å². The van der Waals surface area contributed by atoms with Crippen molar-refractivity contribution in [2.45, 2.75) is 12.8 Å². The molecule has 0 unspecified atom stereocenters. The number of allylic oxidation sites excluding steroid dienone is 1. The fraction of sp³-hybridized carbons (Fsp3) is 0.0455. The summed E-state index contributed by atoms with van der Waals surface area (Å²) in [6.45, 7) is 0. The lowest BCUT2D eigenvalue weighted by Gasteiger charge is -2.28. The van der Waals surface area contributed by atoms with Gasteiger partial charge in [-0.1, -0.05) is 121 Å². The average Bonchev–Trinajstić information content (AvgIpc) is 3.51. The zero-order valence-electron chi connectivity index (χ0n) is 25.4. The Bertz CT molecular complexity index is 2440. The van der Waals surface area contributed by atoms with Crippen LogP contribution in [0.2, 0.25) is 0 Å². The molecule has 2 nitrogen and oxygen atoms in total. The molecule has 7 aromatic carbocycles. The second-order valence-corrected chi connectivity index (χ2v) is 12.1. The van der Waals surface area contributed by atoms with E-state index in [1.807, 2.05) is 0 Å². The van der Waals surface area contributed by atoms with Crippen LogP contribution in [-0.4, -0.2) is 0 Å². The van der Waals surface area contributed by atoms with Gasteiger partial charge in [0.1, 0.15) is 11.3 Å². The molecule has 0 atom stereocenters. The number of fused-ring (bicyclic) bond motifs is 5. The van der Waals surface area contributed by atoms with Crippen molar-refractivity contribution in [3.63, 3.8) is 0 Å². The Labute approximate surface area is 268 Å². The third kappa shape index (κ3) is 4.50. The Morgan fingerprint density at radius 1 is 0.478 bits per heavy atom. The molecule has 0 amide bonds. The number of hydrogen-bond donors (Lipinski definition) is 0. The maximum absolute atomic E-state index is 6.50. The van der Waals surface area contributed by atoms with E-state index in [9.17, 15) is 0 Å². The van der Waals surface area contributed by atoms with Crippen molar-refractivity contribution < 1.29 is 4.42 Å². The first-order valence-corrected chi connectivity index (χ1v) is 16.0. The van der Waals surface area contributed by atoms with E-state index >= 15 is 0 Å². The van der Waals surface area contributed by atoms with Crippen LogP contribution in [0.4, 0.5) is 17.1 Å². The highest BCUT2D eigenvalue weighted by Crippen LogP contribution is 2.43. The first-order valence-electron chi connectivity index (χ1n) is 16.0. The van der Waals surface area contributed by atoms with Gasteiger partial charge in [-0.2, -0.15) is 0 Å². The zero-order chi connectivity index (χ0) is 30.5. The van der Waals surface area contributed by atoms with Crippen molar-refractivity contribution in [3.8, 4) is 11.1 Å². The summed E-state index contributed by atoms with van der Waals surface area (Å²) in [5.74, 6) is 1.000. The van der Waals surface area contributed by atoms with Crippen LogP contribution in [0.5, 0.6) is 0 Å². The van der Waals surface area contributed by atoms with Crippen molar-refractivity contribution in [3.05, 3.63) is 181 Å². The Morgan fingerprint density at radius 3 is 2.00 bits per heavy atom. The smallest absolute Gasteiger partial charge is 0.138 e. The van der Waals surface area contributed by atoms with Crippen LogP contribution in [0, 0.1) is 0 Å². The first kappa shape index (κ1) is 26.5. The number of anilines is 3. The van der Waals surface area contributed by atoms with E-state index in [-0.39, 0.29) is 0 Å². The molecule has 0 fully saturated rings. The summed E-state index contributed by atoms with van der Waals surface area (Å²) in [4.78, 5) is 2.40. The van der Waals surface area contributed by atoms with Crippen LogP contribution in [0.1, 0.15) is 23.3 Å². The van der Waals surface area contributed by atoms with Crippen molar-refractivity contribution in [2.24, 2.45) is 0 Å². The van der Waals surface area contributed by atoms with Crippen LogP contribution in [0.15, 0.2) is 168 Å². The molecular formula is C44H31NO. The molecule has 1 aliphatic carbocycles. The van der Waals surface area contributed by atoms with Crippen molar-refractivity contribution >= 4 is 55.1 Å². The fourth-order valence-corrected chi connectivity index (χ4v) is 7.10. The van der Waals surface area contributed by atoms with Crippen LogP contribution in [0.3, 0.4) is 0 Å². The molecule has 218 valence electrons. The van der Waals surface area contributed by atoms with Gasteiger partial charge >= 0.3 is 0 Å². The third-order valence-corrected chi connectivity index (χ3v) is 9.30. The fourth-order valence-electron chi connectivity index (χ4n) is 7.10. The minimum Gasteiger partial charge on any atom is -0.456 e. The second-order valence-electron chi connectivity index (χ2n) is 12.1. The minimum absolute atomic E-state index is 0.958.